The van der Waals surface area contributed by atoms with E-state index in [4.69, 9.17) is 37.0 Å². The number of nitrogens with one attached hydrogen (secondary N) is 1. The number of hydrogen-bond donors (Lipinski definition) is 2. The largest absolute Gasteiger partial charge is 0.445 e. The third-order valence-electron chi connectivity index (χ3n) is 6.56. The van der Waals surface area contributed by atoms with Gasteiger partial charge in [0.05, 0.1) is 11.1 Å². The summed E-state index contributed by atoms with van der Waals surface area (Å²) < 4.78 is 16.4. The molecule has 1 aromatic rings. The summed E-state index contributed by atoms with van der Waals surface area (Å²) in [6.07, 6.45) is 2.56. The van der Waals surface area contributed by atoms with Crippen molar-refractivity contribution in [3.63, 3.8) is 0 Å². The summed E-state index contributed by atoms with van der Waals surface area (Å²) >= 11 is 8.30. The number of β-lactam (4-membered cyclic amide) rings is 1. The Morgan fingerprint density at radius 3 is 2.65 bits per heavy atom. The lowest BCUT2D eigenvalue weighted by Crippen LogP contribution is -2.71. The van der Waals surface area contributed by atoms with E-state index in [0.717, 1.165) is 36.2 Å². The number of thiazole rings is 1. The second-order valence-electron chi connectivity index (χ2n) is 10.5. The number of nitrogens with zero attached hydrogens (tertiary/aromatic N) is 3. The van der Waals surface area contributed by atoms with Gasteiger partial charge in [0.25, 0.3) is 11.8 Å². The molecule has 0 saturated carbocycles. The van der Waals surface area contributed by atoms with Crippen LogP contribution in [0.15, 0.2) is 21.8 Å². The third-order valence-corrected chi connectivity index (χ3v) is 8.88. The number of hydrogen-bond acceptors (Lipinski definition) is 13. The van der Waals surface area contributed by atoms with Crippen molar-refractivity contribution in [1.29, 1.82) is 0 Å². The van der Waals surface area contributed by atoms with Crippen LogP contribution in [0.1, 0.15) is 45.7 Å². The van der Waals surface area contributed by atoms with E-state index in [1.165, 1.54) is 18.9 Å². The van der Waals surface area contributed by atoms with Crippen molar-refractivity contribution in [3.05, 3.63) is 22.3 Å². The zero-order chi connectivity index (χ0) is 29.0. The topological polar surface area (TPSA) is 155 Å². The van der Waals surface area contributed by atoms with Crippen LogP contribution in [0.2, 0.25) is 0 Å². The van der Waals surface area contributed by atoms with Crippen LogP contribution in [-0.4, -0.2) is 82.7 Å². The highest BCUT2D eigenvalue weighted by Gasteiger charge is 2.54. The van der Waals surface area contributed by atoms with Crippen LogP contribution in [0.4, 0.5) is 5.13 Å². The molecule has 1 unspecified atom stereocenters. The maximum Gasteiger partial charge on any atom is 0.314 e. The molecule has 2 fully saturated rings. The first-order valence-corrected chi connectivity index (χ1v) is 15.1. The number of nitrogens with two attached hydrogens (primary N) is 1. The molecule has 2 saturated heterocycles. The molecular formula is C25H33N5O7S3. The fraction of sp³-hybridized carbons (Fsp3) is 0.600. The standard InChI is InChI=1S/C25H33N5O7S3/c1-25(2,3)23(33)37-12-36-22(38)18-14(9-13-5-7-35-8-6-13)10-39-21-17(20(32)30(18)21)28-19(31)16(29-34-4)15-11-40-24(26)27-15/h11,13,17,21H,5-10,12H2,1-4H3,(H2,26,27)(H,28,31)/b29-16+/t17?,21-/m1/s1. The fourth-order valence-corrected chi connectivity index (χ4v) is 6.65. The van der Waals surface area contributed by atoms with Gasteiger partial charge in [0.2, 0.25) is 11.8 Å². The van der Waals surface area contributed by atoms with Crippen LogP contribution in [0, 0.1) is 11.3 Å². The Labute approximate surface area is 246 Å². The van der Waals surface area contributed by atoms with Crippen molar-refractivity contribution in [2.24, 2.45) is 16.5 Å². The number of fused-ring (bicyclic) bond motifs is 1. The molecule has 0 spiro atoms. The number of aromatic nitrogens is 1. The lowest BCUT2D eigenvalue weighted by molar-refractivity contribution is -0.160. The van der Waals surface area contributed by atoms with E-state index in [1.807, 2.05) is 0 Å². The molecule has 0 aromatic carbocycles. The highest BCUT2D eigenvalue weighted by molar-refractivity contribution is 8.00. The van der Waals surface area contributed by atoms with Gasteiger partial charge in [-0.3, -0.25) is 19.3 Å². The monoisotopic (exact) mass is 611 g/mol. The molecule has 12 nitrogen and oxygen atoms in total. The number of carbonyl (C=O) groups excluding carboxylic acids is 3. The summed E-state index contributed by atoms with van der Waals surface area (Å²) in [6.45, 7) is 6.24. The number of amides is 2. The molecule has 3 N–H and O–H groups in total. The molecule has 0 aliphatic carbocycles. The van der Waals surface area contributed by atoms with E-state index < -0.39 is 28.7 Å². The number of anilines is 1. The van der Waals surface area contributed by atoms with E-state index in [-0.39, 0.29) is 34.3 Å². The van der Waals surface area contributed by atoms with Crippen LogP contribution in [-0.2, 0) is 33.4 Å². The normalized spacial score (nSPS) is 21.9. The van der Waals surface area contributed by atoms with E-state index in [1.54, 1.807) is 31.1 Å². The highest BCUT2D eigenvalue weighted by atomic mass is 32.2. The van der Waals surface area contributed by atoms with Gasteiger partial charge >= 0.3 is 5.97 Å². The Balaban J connectivity index is 1.50. The summed E-state index contributed by atoms with van der Waals surface area (Å²) in [5.41, 5.74) is 6.67. The minimum atomic E-state index is -0.823. The number of esters is 1. The number of rotatable bonds is 9. The lowest BCUT2D eigenvalue weighted by Gasteiger charge is -2.50. The molecule has 0 bridgehead atoms. The Kier molecular flexibility index (Phi) is 9.69. The summed E-state index contributed by atoms with van der Waals surface area (Å²) in [4.78, 5) is 49.2. The molecule has 40 heavy (non-hydrogen) atoms. The van der Waals surface area contributed by atoms with E-state index in [9.17, 15) is 14.4 Å². The Morgan fingerprint density at radius 1 is 1.30 bits per heavy atom. The van der Waals surface area contributed by atoms with Gasteiger partial charge in [-0.15, -0.1) is 23.1 Å². The van der Waals surface area contributed by atoms with Crippen molar-refractivity contribution < 1.29 is 33.4 Å². The second kappa shape index (κ2) is 12.8. The van der Waals surface area contributed by atoms with Crippen molar-refractivity contribution >= 4 is 69.0 Å². The zero-order valence-corrected chi connectivity index (χ0v) is 25.2. The first-order valence-electron chi connectivity index (χ1n) is 12.7. The summed E-state index contributed by atoms with van der Waals surface area (Å²) in [7, 11) is 1.31. The smallest absolute Gasteiger partial charge is 0.314 e. The van der Waals surface area contributed by atoms with E-state index in [0.29, 0.717) is 30.6 Å². The van der Waals surface area contributed by atoms with Crippen LogP contribution in [0.25, 0.3) is 0 Å². The summed E-state index contributed by atoms with van der Waals surface area (Å²) in [5, 5.41) is 8.08. The number of carbonyl (C=O) groups is 3. The van der Waals surface area contributed by atoms with Gasteiger partial charge in [-0.2, -0.15) is 0 Å². The van der Waals surface area contributed by atoms with Crippen molar-refractivity contribution in [1.82, 2.24) is 15.2 Å². The van der Waals surface area contributed by atoms with Gasteiger partial charge in [-0.1, -0.05) is 5.16 Å². The summed E-state index contributed by atoms with van der Waals surface area (Å²) in [5.74, 6) is -0.389. The predicted molar refractivity (Wildman–Crippen MR) is 154 cm³/mol. The highest BCUT2D eigenvalue weighted by Crippen LogP contribution is 2.43. The van der Waals surface area contributed by atoms with Crippen molar-refractivity contribution in [3.8, 4) is 0 Å². The predicted octanol–water partition coefficient (Wildman–Crippen LogP) is 2.44. The fourth-order valence-electron chi connectivity index (χ4n) is 4.45. The lowest BCUT2D eigenvalue weighted by atomic mass is 9.91. The number of ether oxygens (including phenoxy) is 3. The number of thioether (sulfide) groups is 1. The van der Waals surface area contributed by atoms with Gasteiger partial charge in [-0.25, -0.2) is 4.98 Å². The van der Waals surface area contributed by atoms with Gasteiger partial charge < -0.3 is 30.1 Å². The first-order chi connectivity index (χ1) is 19.0. The molecule has 0 radical (unpaired) electrons. The molecule has 4 rings (SSSR count). The molecule has 3 aliphatic rings. The minimum Gasteiger partial charge on any atom is -0.445 e. The van der Waals surface area contributed by atoms with Gasteiger partial charge in [0.15, 0.2) is 10.8 Å². The molecule has 218 valence electrons. The zero-order valence-electron chi connectivity index (χ0n) is 22.8. The second-order valence-corrected chi connectivity index (χ2v) is 12.9. The number of nitrogen functional groups attached to an aromatic ring is 1. The van der Waals surface area contributed by atoms with Crippen LogP contribution in [0.3, 0.4) is 0 Å². The molecular weight excluding hydrogens is 579 g/mol. The molecule has 2 amide bonds. The number of oxime groups is 1. The van der Waals surface area contributed by atoms with Gasteiger partial charge in [0.1, 0.15) is 24.2 Å². The molecule has 15 heteroatoms. The SMILES string of the molecule is CO/N=C(/C(=O)NC1C(=O)N2C(C(=S)OCOC(=O)C(C)(C)C)=C(CC3CCOCC3)CS[C@H]12)c1csc(N)n1. The van der Waals surface area contributed by atoms with E-state index >= 15 is 0 Å². The van der Waals surface area contributed by atoms with Crippen molar-refractivity contribution in [2.75, 3.05) is 38.6 Å². The average molecular weight is 612 g/mol. The van der Waals surface area contributed by atoms with Crippen LogP contribution in [0.5, 0.6) is 0 Å². The molecule has 1 aromatic heterocycles. The molecule has 3 aliphatic heterocycles. The average Bonchev–Trinajstić information content (AvgIpc) is 3.35. The Bertz CT molecular complexity index is 1220. The quantitative estimate of drug-likeness (QED) is 0.106. The summed E-state index contributed by atoms with van der Waals surface area (Å²) in [6, 6.07) is -0.823. The van der Waals surface area contributed by atoms with Gasteiger partial charge in [0, 0.05) is 24.3 Å². The Morgan fingerprint density at radius 2 is 2.02 bits per heavy atom. The number of thiocarbonyl (C=S) groups is 1. The molecule has 4 heterocycles. The van der Waals surface area contributed by atoms with Gasteiger partial charge in [-0.05, 0) is 63.7 Å². The maximum absolute atomic E-state index is 13.5. The van der Waals surface area contributed by atoms with Crippen LogP contribution >= 0.6 is 35.3 Å². The van der Waals surface area contributed by atoms with Crippen molar-refractivity contribution in [2.45, 2.75) is 51.4 Å². The van der Waals surface area contributed by atoms with Crippen LogP contribution < -0.4 is 11.1 Å². The first kappa shape index (κ1) is 30.2. The third kappa shape index (κ3) is 6.75. The molecule has 2 atom stereocenters. The maximum atomic E-state index is 13.5. The van der Waals surface area contributed by atoms with E-state index in [2.05, 4.69) is 15.5 Å². The Hall–Kier alpha value is -2.75. The minimum absolute atomic E-state index is 0.0757.